The molecule has 1 fully saturated rings. The molecule has 1 heterocycles. The molecule has 1 saturated heterocycles. The summed E-state index contributed by atoms with van der Waals surface area (Å²) < 4.78 is 55.2. The third kappa shape index (κ3) is 5.26. The first kappa shape index (κ1) is 24.2. The highest BCUT2D eigenvalue weighted by Crippen LogP contribution is 2.32. The Balaban J connectivity index is 1.46. The van der Waals surface area contributed by atoms with Crippen molar-refractivity contribution in [3.63, 3.8) is 0 Å². The van der Waals surface area contributed by atoms with Crippen molar-refractivity contribution < 1.29 is 22.6 Å². The Morgan fingerprint density at radius 2 is 1.53 bits per heavy atom. The average Bonchev–Trinajstić information content (AvgIpc) is 2.86. The van der Waals surface area contributed by atoms with Crippen LogP contribution in [0.3, 0.4) is 0 Å². The van der Waals surface area contributed by atoms with Gasteiger partial charge in [0.15, 0.2) is 17.9 Å². The summed E-state index contributed by atoms with van der Waals surface area (Å²) in [5.74, 6) is -2.11. The minimum Gasteiger partial charge on any atom is -0.352 e. The Labute approximate surface area is 199 Å². The zero-order chi connectivity index (χ0) is 24.1. The van der Waals surface area contributed by atoms with Gasteiger partial charge < -0.3 is 9.47 Å². The Morgan fingerprint density at radius 1 is 0.853 bits per heavy atom. The minimum absolute atomic E-state index is 0.154. The minimum atomic E-state index is -0.844. The van der Waals surface area contributed by atoms with E-state index in [1.54, 1.807) is 49.4 Å². The lowest BCUT2D eigenvalue weighted by molar-refractivity contribution is -0.189. The van der Waals surface area contributed by atoms with E-state index < -0.39 is 11.6 Å². The molecule has 0 radical (unpaired) electrons. The van der Waals surface area contributed by atoms with E-state index in [0.29, 0.717) is 41.9 Å². The predicted molar refractivity (Wildman–Crippen MR) is 129 cm³/mol. The number of aryl methyl sites for hydroxylation is 1. The lowest BCUT2D eigenvalue weighted by Gasteiger charge is -2.29. The Hall–Kier alpha value is -2.89. The molecule has 0 aromatic heterocycles. The molecule has 4 rings (SSSR count). The van der Waals surface area contributed by atoms with Crippen LogP contribution in [0.4, 0.5) is 13.2 Å². The van der Waals surface area contributed by atoms with Crippen LogP contribution in [0.15, 0.2) is 66.7 Å². The molecule has 178 valence electrons. The number of allylic oxidation sites excluding steroid dienone is 2. The van der Waals surface area contributed by atoms with E-state index in [1.165, 1.54) is 6.07 Å². The summed E-state index contributed by atoms with van der Waals surface area (Å²) in [5.41, 5.74) is 3.21. The maximum atomic E-state index is 15.0. The third-order valence-electron chi connectivity index (χ3n) is 6.28. The molecule has 0 saturated carbocycles. The van der Waals surface area contributed by atoms with Crippen molar-refractivity contribution in [3.05, 3.63) is 95.3 Å². The van der Waals surface area contributed by atoms with Crippen LogP contribution in [0.25, 0.3) is 22.3 Å². The van der Waals surface area contributed by atoms with Gasteiger partial charge in [-0.05, 0) is 53.6 Å². The number of hydrogen-bond acceptors (Lipinski definition) is 2. The Kier molecular flexibility index (Phi) is 7.86. The normalized spacial score (nSPS) is 18.5. The lowest BCUT2D eigenvalue weighted by Crippen LogP contribution is -2.31. The summed E-state index contributed by atoms with van der Waals surface area (Å²) in [6, 6.07) is 15.4. The van der Waals surface area contributed by atoms with E-state index in [4.69, 9.17) is 9.47 Å². The Bertz CT molecular complexity index is 1150. The van der Waals surface area contributed by atoms with Crippen molar-refractivity contribution in [1.29, 1.82) is 0 Å². The average molecular weight is 467 g/mol. The fourth-order valence-electron chi connectivity index (χ4n) is 4.25. The van der Waals surface area contributed by atoms with Gasteiger partial charge in [0.2, 0.25) is 0 Å². The summed E-state index contributed by atoms with van der Waals surface area (Å²) in [6.45, 7) is 4.61. The summed E-state index contributed by atoms with van der Waals surface area (Å²) in [5, 5.41) is 0. The van der Waals surface area contributed by atoms with E-state index in [9.17, 15) is 13.2 Å². The molecule has 1 aliphatic rings. The first-order chi connectivity index (χ1) is 16.5. The Morgan fingerprint density at radius 3 is 2.18 bits per heavy atom. The van der Waals surface area contributed by atoms with Crippen molar-refractivity contribution in [2.75, 3.05) is 13.2 Å². The molecule has 0 aliphatic carbocycles. The molecule has 0 unspecified atom stereocenters. The fraction of sp³-hybridized carbons (Fsp3) is 0.310. The molecular formula is C29H29F3O2. The molecular weight excluding hydrogens is 437 g/mol. The van der Waals surface area contributed by atoms with E-state index >= 15 is 0 Å². The molecule has 3 aromatic carbocycles. The van der Waals surface area contributed by atoms with Crippen LogP contribution in [-0.4, -0.2) is 19.5 Å². The molecule has 2 nitrogen and oxygen atoms in total. The molecule has 1 aliphatic heterocycles. The van der Waals surface area contributed by atoms with Gasteiger partial charge in [-0.3, -0.25) is 0 Å². The number of benzene rings is 3. The van der Waals surface area contributed by atoms with E-state index in [2.05, 4.69) is 6.08 Å². The molecule has 0 bridgehead atoms. The van der Waals surface area contributed by atoms with Crippen LogP contribution in [0.1, 0.15) is 43.7 Å². The summed E-state index contributed by atoms with van der Waals surface area (Å²) >= 11 is 0. The molecule has 0 atom stereocenters. The van der Waals surface area contributed by atoms with Crippen LogP contribution in [0.2, 0.25) is 0 Å². The maximum Gasteiger partial charge on any atom is 0.166 e. The van der Waals surface area contributed by atoms with Gasteiger partial charge in [-0.25, -0.2) is 13.2 Å². The first-order valence-electron chi connectivity index (χ1n) is 11.7. The van der Waals surface area contributed by atoms with Gasteiger partial charge in [0.05, 0.1) is 13.2 Å². The van der Waals surface area contributed by atoms with Crippen LogP contribution in [0, 0.1) is 17.5 Å². The van der Waals surface area contributed by atoms with Crippen molar-refractivity contribution in [1.82, 2.24) is 0 Å². The SMILES string of the molecule is C/C=C/CCC1OCC(c2ccc(-c3ccc(-c4ccc(CC)c(F)c4F)cc3)cc2F)CO1. The molecule has 0 N–H and O–H groups in total. The number of halogens is 3. The van der Waals surface area contributed by atoms with E-state index in [0.717, 1.165) is 18.4 Å². The van der Waals surface area contributed by atoms with Crippen molar-refractivity contribution in [3.8, 4) is 22.3 Å². The summed E-state index contributed by atoms with van der Waals surface area (Å²) in [4.78, 5) is 0. The fourth-order valence-corrected chi connectivity index (χ4v) is 4.25. The van der Waals surface area contributed by atoms with Crippen LogP contribution >= 0.6 is 0 Å². The molecule has 5 heteroatoms. The highest BCUT2D eigenvalue weighted by molar-refractivity contribution is 5.71. The predicted octanol–water partition coefficient (Wildman–Crippen LogP) is 7.81. The van der Waals surface area contributed by atoms with Gasteiger partial charge in [0.25, 0.3) is 0 Å². The van der Waals surface area contributed by atoms with Gasteiger partial charge in [0, 0.05) is 17.9 Å². The second-order valence-corrected chi connectivity index (χ2v) is 8.51. The first-order valence-corrected chi connectivity index (χ1v) is 11.7. The highest BCUT2D eigenvalue weighted by Gasteiger charge is 2.25. The number of hydrogen-bond donors (Lipinski definition) is 0. The van der Waals surface area contributed by atoms with Crippen LogP contribution in [-0.2, 0) is 15.9 Å². The summed E-state index contributed by atoms with van der Waals surface area (Å²) in [7, 11) is 0. The standard InChI is InChI=1S/C29H29F3O2/c1-3-5-6-7-27-33-17-23(18-34-27)24-14-13-22(16-26(24)30)20-8-10-21(11-9-20)25-15-12-19(4-2)28(31)29(25)32/h3,5,8-16,23,27H,4,6-7,17-18H2,1-2H3/b5-3+. The van der Waals surface area contributed by atoms with Crippen LogP contribution in [0.5, 0.6) is 0 Å². The molecule has 0 spiro atoms. The van der Waals surface area contributed by atoms with Crippen molar-refractivity contribution >= 4 is 0 Å². The maximum absolute atomic E-state index is 15.0. The lowest BCUT2D eigenvalue weighted by atomic mass is 9.95. The highest BCUT2D eigenvalue weighted by atomic mass is 19.2. The van der Waals surface area contributed by atoms with Gasteiger partial charge in [0.1, 0.15) is 5.82 Å². The largest absolute Gasteiger partial charge is 0.352 e. The quantitative estimate of drug-likeness (QED) is 0.331. The zero-order valence-electron chi connectivity index (χ0n) is 19.5. The molecule has 3 aromatic rings. The topological polar surface area (TPSA) is 18.5 Å². The number of ether oxygens (including phenoxy) is 2. The van der Waals surface area contributed by atoms with E-state index in [1.807, 2.05) is 19.1 Å². The van der Waals surface area contributed by atoms with Crippen LogP contribution < -0.4 is 0 Å². The zero-order valence-corrected chi connectivity index (χ0v) is 19.5. The summed E-state index contributed by atoms with van der Waals surface area (Å²) in [6.07, 6.45) is 5.93. The third-order valence-corrected chi connectivity index (χ3v) is 6.28. The molecule has 34 heavy (non-hydrogen) atoms. The van der Waals surface area contributed by atoms with Gasteiger partial charge in [-0.15, -0.1) is 0 Å². The van der Waals surface area contributed by atoms with Crippen molar-refractivity contribution in [2.45, 2.75) is 45.3 Å². The van der Waals surface area contributed by atoms with Gasteiger partial charge in [-0.2, -0.15) is 0 Å². The second-order valence-electron chi connectivity index (χ2n) is 8.51. The van der Waals surface area contributed by atoms with E-state index in [-0.39, 0.29) is 23.6 Å². The van der Waals surface area contributed by atoms with Crippen molar-refractivity contribution in [2.24, 2.45) is 0 Å². The van der Waals surface area contributed by atoms with Gasteiger partial charge in [-0.1, -0.05) is 67.6 Å². The smallest absolute Gasteiger partial charge is 0.166 e. The monoisotopic (exact) mass is 466 g/mol. The molecule has 0 amide bonds. The second kappa shape index (κ2) is 11.0. The number of rotatable bonds is 7. The van der Waals surface area contributed by atoms with Gasteiger partial charge >= 0.3 is 0 Å².